The largest absolute Gasteiger partial charge is 0.461 e. The Morgan fingerprint density at radius 1 is 1.11 bits per heavy atom. The molecule has 0 spiro atoms. The normalized spacial score (nSPS) is 13.6. The standard InChI is InChI=1S/C28H24N4O4S/c1-2-35-28(34)23-15-25(36-31-23)24-18-37-26(30-24)21-10-12-32(13-11-21)27(33)22-14-20(16-29-17-22)9-8-19-6-4-3-5-7-19/h3-7,14-18,21H,2,10-13H2,1H3. The number of rotatable bonds is 5. The molecule has 186 valence electrons. The minimum absolute atomic E-state index is 0.0395. The molecule has 3 aromatic heterocycles. The summed E-state index contributed by atoms with van der Waals surface area (Å²) < 4.78 is 10.2. The molecule has 5 rings (SSSR count). The lowest BCUT2D eigenvalue weighted by Crippen LogP contribution is -2.38. The molecule has 0 atom stereocenters. The highest BCUT2D eigenvalue weighted by Gasteiger charge is 2.27. The average molecular weight is 513 g/mol. The van der Waals surface area contributed by atoms with Crippen LogP contribution in [0.25, 0.3) is 11.5 Å². The van der Waals surface area contributed by atoms with Gasteiger partial charge in [-0.25, -0.2) is 9.78 Å². The first-order chi connectivity index (χ1) is 18.1. The Kier molecular flexibility index (Phi) is 7.38. The van der Waals surface area contributed by atoms with Gasteiger partial charge < -0.3 is 14.2 Å². The minimum Gasteiger partial charge on any atom is -0.461 e. The summed E-state index contributed by atoms with van der Waals surface area (Å²) in [5.41, 5.74) is 2.93. The third-order valence-electron chi connectivity index (χ3n) is 6.01. The van der Waals surface area contributed by atoms with Crippen molar-refractivity contribution in [3.05, 3.63) is 87.6 Å². The summed E-state index contributed by atoms with van der Waals surface area (Å²) in [5.74, 6) is 6.31. The number of carbonyl (C=O) groups is 2. The van der Waals surface area contributed by atoms with Crippen LogP contribution in [-0.4, -0.2) is 51.6 Å². The molecule has 0 bridgehead atoms. The summed E-state index contributed by atoms with van der Waals surface area (Å²) in [7, 11) is 0. The lowest BCUT2D eigenvalue weighted by molar-refractivity contribution is 0.0514. The predicted octanol–water partition coefficient (Wildman–Crippen LogP) is 4.79. The molecule has 4 aromatic rings. The van der Waals surface area contributed by atoms with E-state index in [4.69, 9.17) is 14.2 Å². The van der Waals surface area contributed by atoms with Crippen LogP contribution in [0.4, 0.5) is 0 Å². The Hall–Kier alpha value is -4.29. The quantitative estimate of drug-likeness (QED) is 0.280. The average Bonchev–Trinajstić information content (AvgIpc) is 3.63. The first-order valence-corrected chi connectivity index (χ1v) is 12.9. The van der Waals surface area contributed by atoms with Crippen LogP contribution in [0.5, 0.6) is 0 Å². The van der Waals surface area contributed by atoms with Gasteiger partial charge in [0, 0.05) is 54.0 Å². The number of aromatic nitrogens is 3. The molecule has 4 heterocycles. The van der Waals surface area contributed by atoms with Crippen LogP contribution in [0.15, 0.2) is 64.8 Å². The van der Waals surface area contributed by atoms with Crippen molar-refractivity contribution in [1.82, 2.24) is 20.0 Å². The molecule has 1 aliphatic rings. The summed E-state index contributed by atoms with van der Waals surface area (Å²) in [4.78, 5) is 35.8. The minimum atomic E-state index is -0.519. The van der Waals surface area contributed by atoms with E-state index in [0.29, 0.717) is 35.7 Å². The monoisotopic (exact) mass is 512 g/mol. The van der Waals surface area contributed by atoms with Crippen LogP contribution in [0, 0.1) is 11.8 Å². The van der Waals surface area contributed by atoms with Crippen molar-refractivity contribution >= 4 is 23.2 Å². The first-order valence-electron chi connectivity index (χ1n) is 12.0. The van der Waals surface area contributed by atoms with E-state index >= 15 is 0 Å². The third-order valence-corrected chi connectivity index (χ3v) is 7.02. The fourth-order valence-corrected chi connectivity index (χ4v) is 5.07. The molecule has 1 aromatic carbocycles. The van der Waals surface area contributed by atoms with Crippen LogP contribution in [-0.2, 0) is 4.74 Å². The van der Waals surface area contributed by atoms with Crippen molar-refractivity contribution in [1.29, 1.82) is 0 Å². The number of carbonyl (C=O) groups excluding carboxylic acids is 2. The number of nitrogens with zero attached hydrogens (tertiary/aromatic N) is 4. The van der Waals surface area contributed by atoms with Gasteiger partial charge in [-0.3, -0.25) is 9.78 Å². The van der Waals surface area contributed by atoms with Crippen LogP contribution in [0.1, 0.15) is 62.7 Å². The van der Waals surface area contributed by atoms with E-state index in [1.807, 2.05) is 40.6 Å². The SMILES string of the molecule is CCOC(=O)c1cc(-c2csc(C3CCN(C(=O)c4cncc(C#Cc5ccccc5)c4)CC3)n2)on1. The second-order valence-electron chi connectivity index (χ2n) is 8.51. The van der Waals surface area contributed by atoms with Gasteiger partial charge in [-0.05, 0) is 38.0 Å². The number of esters is 1. The molecule has 0 N–H and O–H groups in total. The summed E-state index contributed by atoms with van der Waals surface area (Å²) >= 11 is 1.55. The van der Waals surface area contributed by atoms with Gasteiger partial charge in [-0.15, -0.1) is 11.3 Å². The van der Waals surface area contributed by atoms with Gasteiger partial charge in [0.25, 0.3) is 5.91 Å². The van der Waals surface area contributed by atoms with E-state index in [9.17, 15) is 9.59 Å². The number of pyridine rings is 1. The molecule has 1 fully saturated rings. The van der Waals surface area contributed by atoms with Crippen molar-refractivity contribution < 1.29 is 18.8 Å². The lowest BCUT2D eigenvalue weighted by Gasteiger charge is -2.31. The summed E-state index contributed by atoms with van der Waals surface area (Å²) in [6.07, 6.45) is 4.88. The van der Waals surface area contributed by atoms with E-state index in [0.717, 1.165) is 23.4 Å². The molecule has 0 unspecified atom stereocenters. The Bertz CT molecular complexity index is 1460. The highest BCUT2D eigenvalue weighted by Crippen LogP contribution is 2.33. The van der Waals surface area contributed by atoms with Gasteiger partial charge in [-0.2, -0.15) is 0 Å². The lowest BCUT2D eigenvalue weighted by atomic mass is 9.97. The van der Waals surface area contributed by atoms with Crippen molar-refractivity contribution in [2.75, 3.05) is 19.7 Å². The van der Waals surface area contributed by atoms with E-state index < -0.39 is 5.97 Å². The van der Waals surface area contributed by atoms with Crippen molar-refractivity contribution in [2.24, 2.45) is 0 Å². The topological polar surface area (TPSA) is 98.4 Å². The fourth-order valence-electron chi connectivity index (χ4n) is 4.09. The highest BCUT2D eigenvalue weighted by atomic mass is 32.1. The number of hydrogen-bond acceptors (Lipinski definition) is 8. The molecule has 0 aliphatic carbocycles. The van der Waals surface area contributed by atoms with E-state index in [1.54, 1.807) is 42.8 Å². The Morgan fingerprint density at radius 3 is 2.68 bits per heavy atom. The molecule has 0 saturated carbocycles. The van der Waals surface area contributed by atoms with Crippen LogP contribution in [0.2, 0.25) is 0 Å². The molecule has 1 aliphatic heterocycles. The molecule has 0 radical (unpaired) electrons. The van der Waals surface area contributed by atoms with Gasteiger partial charge in [0.05, 0.1) is 17.2 Å². The maximum Gasteiger partial charge on any atom is 0.360 e. The van der Waals surface area contributed by atoms with E-state index in [-0.39, 0.29) is 24.1 Å². The molecule has 37 heavy (non-hydrogen) atoms. The predicted molar refractivity (Wildman–Crippen MR) is 138 cm³/mol. The first kappa shape index (κ1) is 24.4. The number of likely N-dealkylation sites (tertiary alicyclic amines) is 1. The smallest absolute Gasteiger partial charge is 0.360 e. The van der Waals surface area contributed by atoms with Gasteiger partial charge in [0.2, 0.25) is 0 Å². The van der Waals surface area contributed by atoms with Gasteiger partial charge in [-0.1, -0.05) is 35.2 Å². The van der Waals surface area contributed by atoms with Crippen molar-refractivity contribution in [3.8, 4) is 23.3 Å². The molecular formula is C28H24N4O4S. The number of benzene rings is 1. The second-order valence-corrected chi connectivity index (χ2v) is 9.40. The Morgan fingerprint density at radius 2 is 1.89 bits per heavy atom. The van der Waals surface area contributed by atoms with Gasteiger partial charge in [0.1, 0.15) is 5.69 Å². The number of thiazole rings is 1. The fraction of sp³-hybridized carbons (Fsp3) is 0.250. The third kappa shape index (κ3) is 5.76. The maximum atomic E-state index is 13.1. The molecular weight excluding hydrogens is 488 g/mol. The Balaban J connectivity index is 1.20. The molecule has 1 amide bonds. The second kappa shape index (κ2) is 11.2. The Labute approximate surface area is 218 Å². The highest BCUT2D eigenvalue weighted by molar-refractivity contribution is 7.10. The van der Waals surface area contributed by atoms with Crippen LogP contribution in [0.3, 0.4) is 0 Å². The summed E-state index contributed by atoms with van der Waals surface area (Å²) in [5, 5.41) is 6.66. The summed E-state index contributed by atoms with van der Waals surface area (Å²) in [6, 6.07) is 13.1. The number of amides is 1. The van der Waals surface area contributed by atoms with Gasteiger partial charge in [0.15, 0.2) is 11.5 Å². The zero-order valence-corrected chi connectivity index (χ0v) is 21.0. The molecule has 9 heteroatoms. The van der Waals surface area contributed by atoms with Crippen molar-refractivity contribution in [3.63, 3.8) is 0 Å². The van der Waals surface area contributed by atoms with Gasteiger partial charge >= 0.3 is 5.97 Å². The summed E-state index contributed by atoms with van der Waals surface area (Å²) in [6.45, 7) is 3.27. The van der Waals surface area contributed by atoms with Crippen LogP contribution < -0.4 is 0 Å². The zero-order chi connectivity index (χ0) is 25.6. The number of hydrogen-bond donors (Lipinski definition) is 0. The number of ether oxygens (including phenoxy) is 1. The molecule has 8 nitrogen and oxygen atoms in total. The van der Waals surface area contributed by atoms with E-state index in [1.165, 1.54) is 0 Å². The number of piperidine rings is 1. The molecule has 1 saturated heterocycles. The zero-order valence-electron chi connectivity index (χ0n) is 20.2. The maximum absolute atomic E-state index is 13.1. The van der Waals surface area contributed by atoms with Crippen molar-refractivity contribution in [2.45, 2.75) is 25.7 Å². The van der Waals surface area contributed by atoms with E-state index in [2.05, 4.69) is 22.0 Å². The van der Waals surface area contributed by atoms with Crippen LogP contribution >= 0.6 is 11.3 Å².